The van der Waals surface area contributed by atoms with E-state index in [1.165, 1.54) is 0 Å². The smallest absolute Gasteiger partial charge is 0.0962 e. The molecule has 0 aliphatic rings. The van der Waals surface area contributed by atoms with Gasteiger partial charge in [-0.2, -0.15) is 5.10 Å². The molecule has 16 heavy (non-hydrogen) atoms. The Morgan fingerprint density at radius 3 is 2.88 bits per heavy atom. The number of nitrogens with zero attached hydrogens (tertiary/aromatic N) is 4. The van der Waals surface area contributed by atoms with Crippen LogP contribution in [-0.4, -0.2) is 19.3 Å². The molecule has 0 spiro atoms. The van der Waals surface area contributed by atoms with Gasteiger partial charge in [0.1, 0.15) is 0 Å². The lowest BCUT2D eigenvalue weighted by atomic mass is 10.3. The lowest BCUT2D eigenvalue weighted by molar-refractivity contribution is 0.714. The molecule has 0 bridgehead atoms. The molecule has 2 aromatic heterocycles. The minimum Gasteiger partial charge on any atom is -0.324 e. The van der Waals surface area contributed by atoms with Gasteiger partial charge in [-0.15, -0.1) is 0 Å². The lowest BCUT2D eigenvalue weighted by Crippen LogP contribution is -1.99. The van der Waals surface area contributed by atoms with Gasteiger partial charge in [0.05, 0.1) is 29.6 Å². The van der Waals surface area contributed by atoms with E-state index < -0.39 is 0 Å². The van der Waals surface area contributed by atoms with Gasteiger partial charge in [-0.05, 0) is 18.2 Å². The van der Waals surface area contributed by atoms with Gasteiger partial charge in [0, 0.05) is 13.2 Å². The van der Waals surface area contributed by atoms with Crippen molar-refractivity contribution in [2.24, 2.45) is 7.05 Å². The van der Waals surface area contributed by atoms with Crippen molar-refractivity contribution in [2.75, 3.05) is 0 Å². The fraction of sp³-hybridized carbons (Fsp3) is 0.167. The number of benzene rings is 1. The second-order valence-corrected chi connectivity index (χ2v) is 3.84. The van der Waals surface area contributed by atoms with Crippen molar-refractivity contribution in [2.45, 2.75) is 6.54 Å². The fourth-order valence-corrected chi connectivity index (χ4v) is 1.86. The van der Waals surface area contributed by atoms with Crippen molar-refractivity contribution in [3.8, 4) is 0 Å². The summed E-state index contributed by atoms with van der Waals surface area (Å²) in [7, 11) is 1.93. The Labute approximate surface area is 93.1 Å². The summed E-state index contributed by atoms with van der Waals surface area (Å²) in [5, 5.41) is 4.36. The molecule has 4 nitrogen and oxygen atoms in total. The molecule has 0 radical (unpaired) electrons. The molecule has 0 saturated heterocycles. The van der Waals surface area contributed by atoms with Crippen LogP contribution in [0.15, 0.2) is 42.9 Å². The van der Waals surface area contributed by atoms with E-state index >= 15 is 0 Å². The molecule has 80 valence electrons. The first-order valence-electron chi connectivity index (χ1n) is 5.21. The molecular weight excluding hydrogens is 200 g/mol. The monoisotopic (exact) mass is 212 g/mol. The number of aryl methyl sites for hydroxylation is 1. The molecule has 3 aromatic rings. The van der Waals surface area contributed by atoms with Gasteiger partial charge in [-0.3, -0.25) is 4.68 Å². The van der Waals surface area contributed by atoms with Crippen LogP contribution in [0.5, 0.6) is 0 Å². The van der Waals surface area contributed by atoms with Crippen LogP contribution in [-0.2, 0) is 13.6 Å². The average Bonchev–Trinajstić information content (AvgIpc) is 2.87. The number of fused-ring (bicyclic) bond motifs is 1. The second kappa shape index (κ2) is 3.48. The second-order valence-electron chi connectivity index (χ2n) is 3.84. The zero-order valence-electron chi connectivity index (χ0n) is 9.04. The maximum Gasteiger partial charge on any atom is 0.0962 e. The Balaban J connectivity index is 2.00. The highest BCUT2D eigenvalue weighted by atomic mass is 15.3. The number of aromatic nitrogens is 4. The Hall–Kier alpha value is -2.10. The Morgan fingerprint density at radius 1 is 1.19 bits per heavy atom. The summed E-state index contributed by atoms with van der Waals surface area (Å²) in [6.45, 7) is 0.765. The fourth-order valence-electron chi connectivity index (χ4n) is 1.86. The summed E-state index contributed by atoms with van der Waals surface area (Å²) in [6.07, 6.45) is 3.81. The molecule has 2 heterocycles. The van der Waals surface area contributed by atoms with Crippen molar-refractivity contribution in [3.05, 3.63) is 48.5 Å². The Bertz CT molecular complexity index is 621. The lowest BCUT2D eigenvalue weighted by Gasteiger charge is -2.00. The molecule has 1 aromatic carbocycles. The minimum atomic E-state index is 0.765. The van der Waals surface area contributed by atoms with E-state index in [1.807, 2.05) is 48.5 Å². The third-order valence-corrected chi connectivity index (χ3v) is 2.63. The first-order chi connectivity index (χ1) is 7.83. The van der Waals surface area contributed by atoms with E-state index in [-0.39, 0.29) is 0 Å². The van der Waals surface area contributed by atoms with Gasteiger partial charge in [0.15, 0.2) is 0 Å². The van der Waals surface area contributed by atoms with Crippen LogP contribution < -0.4 is 0 Å². The van der Waals surface area contributed by atoms with E-state index in [0.29, 0.717) is 0 Å². The SMILES string of the molecule is Cn1ccc(Cn2cnc3ccccc32)n1. The van der Waals surface area contributed by atoms with E-state index in [1.54, 1.807) is 0 Å². The van der Waals surface area contributed by atoms with Gasteiger partial charge in [0.2, 0.25) is 0 Å². The Morgan fingerprint density at radius 2 is 2.06 bits per heavy atom. The molecular formula is C12H12N4. The number of para-hydroxylation sites is 2. The predicted octanol–water partition coefficient (Wildman–Crippen LogP) is 1.82. The van der Waals surface area contributed by atoms with Crippen molar-refractivity contribution in [1.29, 1.82) is 0 Å². The molecule has 0 aliphatic heterocycles. The summed E-state index contributed by atoms with van der Waals surface area (Å²) in [4.78, 5) is 4.35. The van der Waals surface area contributed by atoms with Crippen LogP contribution in [0.25, 0.3) is 11.0 Å². The van der Waals surface area contributed by atoms with Crippen LogP contribution in [0.2, 0.25) is 0 Å². The van der Waals surface area contributed by atoms with Gasteiger partial charge >= 0.3 is 0 Å². The topological polar surface area (TPSA) is 35.6 Å². The highest BCUT2D eigenvalue weighted by Crippen LogP contribution is 2.12. The summed E-state index contributed by atoms with van der Waals surface area (Å²) in [6, 6.07) is 10.1. The van der Waals surface area contributed by atoms with Gasteiger partial charge < -0.3 is 4.57 Å². The third kappa shape index (κ3) is 1.48. The van der Waals surface area contributed by atoms with E-state index in [2.05, 4.69) is 20.7 Å². The molecule has 4 heteroatoms. The molecule has 0 fully saturated rings. The van der Waals surface area contributed by atoms with Crippen LogP contribution in [0.4, 0.5) is 0 Å². The van der Waals surface area contributed by atoms with Gasteiger partial charge in [0.25, 0.3) is 0 Å². The molecule has 0 N–H and O–H groups in total. The van der Waals surface area contributed by atoms with E-state index in [9.17, 15) is 0 Å². The normalized spacial score (nSPS) is 11.1. The maximum atomic E-state index is 4.36. The van der Waals surface area contributed by atoms with Crippen molar-refractivity contribution >= 4 is 11.0 Å². The zero-order valence-corrected chi connectivity index (χ0v) is 9.04. The maximum absolute atomic E-state index is 4.36. The van der Waals surface area contributed by atoms with Gasteiger partial charge in [-0.25, -0.2) is 4.98 Å². The van der Waals surface area contributed by atoms with Crippen molar-refractivity contribution in [1.82, 2.24) is 19.3 Å². The largest absolute Gasteiger partial charge is 0.324 e. The van der Waals surface area contributed by atoms with Crippen LogP contribution >= 0.6 is 0 Å². The quantitative estimate of drug-likeness (QED) is 0.649. The predicted molar refractivity (Wildman–Crippen MR) is 62.0 cm³/mol. The highest BCUT2D eigenvalue weighted by Gasteiger charge is 2.03. The summed E-state index contributed by atoms with van der Waals surface area (Å²) in [5.74, 6) is 0. The first kappa shape index (κ1) is 9.15. The molecule has 0 atom stereocenters. The van der Waals surface area contributed by atoms with Crippen molar-refractivity contribution in [3.63, 3.8) is 0 Å². The van der Waals surface area contributed by atoms with E-state index in [0.717, 1.165) is 23.3 Å². The molecule has 0 saturated carbocycles. The zero-order chi connectivity index (χ0) is 11.0. The summed E-state index contributed by atoms with van der Waals surface area (Å²) in [5.41, 5.74) is 3.22. The molecule has 0 amide bonds. The minimum absolute atomic E-state index is 0.765. The summed E-state index contributed by atoms with van der Waals surface area (Å²) >= 11 is 0. The van der Waals surface area contributed by atoms with Crippen LogP contribution in [0.1, 0.15) is 5.69 Å². The van der Waals surface area contributed by atoms with Crippen LogP contribution in [0.3, 0.4) is 0 Å². The third-order valence-electron chi connectivity index (χ3n) is 2.63. The number of imidazole rings is 1. The number of hydrogen-bond donors (Lipinski definition) is 0. The van der Waals surface area contributed by atoms with Crippen LogP contribution in [0, 0.1) is 0 Å². The first-order valence-corrected chi connectivity index (χ1v) is 5.21. The number of rotatable bonds is 2. The Kier molecular flexibility index (Phi) is 1.99. The number of hydrogen-bond acceptors (Lipinski definition) is 2. The molecule has 3 rings (SSSR count). The molecule has 0 aliphatic carbocycles. The van der Waals surface area contributed by atoms with Crippen molar-refractivity contribution < 1.29 is 0 Å². The highest BCUT2D eigenvalue weighted by molar-refractivity contribution is 5.74. The van der Waals surface area contributed by atoms with Gasteiger partial charge in [-0.1, -0.05) is 12.1 Å². The summed E-state index contributed by atoms with van der Waals surface area (Å²) < 4.78 is 3.92. The average molecular weight is 212 g/mol. The standard InChI is InChI=1S/C12H12N4/c1-15-7-6-10(14-15)8-16-9-13-11-4-2-3-5-12(11)16/h2-7,9H,8H2,1H3. The van der Waals surface area contributed by atoms with E-state index in [4.69, 9.17) is 0 Å². The molecule has 0 unspecified atom stereocenters.